The van der Waals surface area contributed by atoms with E-state index in [1.807, 2.05) is 0 Å². The van der Waals surface area contributed by atoms with E-state index >= 15 is 0 Å². The summed E-state index contributed by atoms with van der Waals surface area (Å²) >= 11 is 2.09. The van der Waals surface area contributed by atoms with Crippen molar-refractivity contribution in [2.24, 2.45) is 0 Å². The average molecular weight is 328 g/mol. The van der Waals surface area contributed by atoms with Crippen molar-refractivity contribution in [1.82, 2.24) is 15.7 Å². The summed E-state index contributed by atoms with van der Waals surface area (Å²) in [6.07, 6.45) is 0. The van der Waals surface area contributed by atoms with Crippen LogP contribution in [0.15, 0.2) is 28.6 Å². The Balaban J connectivity index is 1.98. The Morgan fingerprint density at radius 2 is 2.10 bits per heavy atom. The van der Waals surface area contributed by atoms with E-state index in [0.717, 1.165) is 23.1 Å². The molecule has 2 aromatic rings. The number of nitrogens with one attached hydrogen (secondary N) is 2. The minimum atomic E-state index is -0.631. The van der Waals surface area contributed by atoms with Gasteiger partial charge in [0.2, 0.25) is 5.13 Å². The van der Waals surface area contributed by atoms with Crippen molar-refractivity contribution < 1.29 is 19.2 Å². The topological polar surface area (TPSA) is 104 Å². The van der Waals surface area contributed by atoms with Crippen molar-refractivity contribution in [2.75, 3.05) is 11.1 Å². The number of thioether (sulfide) groups is 1. The molecule has 2 rings (SSSR count). The Morgan fingerprint density at radius 3 is 2.81 bits per heavy atom. The van der Waals surface area contributed by atoms with Crippen LogP contribution < -0.4 is 10.8 Å². The maximum Gasteiger partial charge on any atom is 0.260 e. The van der Waals surface area contributed by atoms with Gasteiger partial charge in [-0.15, -0.1) is 10.2 Å². The van der Waals surface area contributed by atoms with Gasteiger partial charge in [0.25, 0.3) is 11.8 Å². The molecule has 10 heteroatoms. The van der Waals surface area contributed by atoms with Crippen molar-refractivity contribution in [3.63, 3.8) is 0 Å². The Hall–Kier alpha value is -2.04. The fourth-order valence-corrected chi connectivity index (χ4v) is 2.83. The number of hydrogen-bond acceptors (Lipinski definition) is 7. The molecule has 0 saturated carbocycles. The molecule has 3 N–H and O–H groups in total. The van der Waals surface area contributed by atoms with E-state index in [1.165, 1.54) is 23.7 Å². The first-order valence-electron chi connectivity index (χ1n) is 5.55. The fraction of sp³-hybridized carbons (Fsp3) is 0.0909. The highest BCUT2D eigenvalue weighted by Crippen LogP contribution is 2.25. The van der Waals surface area contributed by atoms with Gasteiger partial charge in [0.05, 0.1) is 11.3 Å². The summed E-state index contributed by atoms with van der Waals surface area (Å²) in [4.78, 5) is 22.7. The monoisotopic (exact) mass is 328 g/mol. The van der Waals surface area contributed by atoms with Crippen LogP contribution in [0.2, 0.25) is 0 Å². The largest absolute Gasteiger partial charge is 0.296 e. The third kappa shape index (κ3) is 4.21. The fourth-order valence-electron chi connectivity index (χ4n) is 1.29. The summed E-state index contributed by atoms with van der Waals surface area (Å²) in [6.45, 7) is 0. The molecular formula is C11H9FN4O3S2. The number of benzene rings is 1. The minimum absolute atomic E-state index is 0.0353. The van der Waals surface area contributed by atoms with Crippen LogP contribution >= 0.6 is 23.1 Å². The zero-order valence-corrected chi connectivity index (χ0v) is 12.0. The highest BCUT2D eigenvalue weighted by molar-refractivity contribution is 8.01. The van der Waals surface area contributed by atoms with Gasteiger partial charge in [0, 0.05) is 0 Å². The quantitative estimate of drug-likeness (QED) is 0.333. The molecular weight excluding hydrogens is 319 g/mol. The second kappa shape index (κ2) is 7.11. The smallest absolute Gasteiger partial charge is 0.260 e. The minimum Gasteiger partial charge on any atom is -0.296 e. The highest BCUT2D eigenvalue weighted by atomic mass is 32.2. The lowest BCUT2D eigenvalue weighted by Crippen LogP contribution is -2.20. The molecule has 0 saturated heterocycles. The normalized spacial score (nSPS) is 10.2. The third-order valence-electron chi connectivity index (χ3n) is 2.20. The van der Waals surface area contributed by atoms with Gasteiger partial charge >= 0.3 is 0 Å². The molecule has 110 valence electrons. The van der Waals surface area contributed by atoms with Gasteiger partial charge < -0.3 is 0 Å². The molecule has 1 aromatic heterocycles. The summed E-state index contributed by atoms with van der Waals surface area (Å²) in [5, 5.41) is 18.4. The van der Waals surface area contributed by atoms with E-state index in [1.54, 1.807) is 6.07 Å². The number of carbonyl (C=O) groups excluding carboxylic acids is 2. The van der Waals surface area contributed by atoms with Crippen molar-refractivity contribution in [3.05, 3.63) is 35.6 Å². The molecule has 0 aliphatic heterocycles. The second-order valence-electron chi connectivity index (χ2n) is 3.63. The molecule has 7 nitrogen and oxygen atoms in total. The second-order valence-corrected chi connectivity index (χ2v) is 5.83. The first-order valence-corrected chi connectivity index (χ1v) is 7.35. The SMILES string of the molecule is O=C(CSc1nnc(NC(=O)c2ccccc2F)s1)NO. The van der Waals surface area contributed by atoms with Crippen LogP contribution in [-0.4, -0.2) is 33.0 Å². The van der Waals surface area contributed by atoms with E-state index < -0.39 is 17.6 Å². The van der Waals surface area contributed by atoms with Gasteiger partial charge in [0.15, 0.2) is 4.34 Å². The van der Waals surface area contributed by atoms with E-state index in [0.29, 0.717) is 4.34 Å². The van der Waals surface area contributed by atoms with E-state index in [4.69, 9.17) is 5.21 Å². The average Bonchev–Trinajstić information content (AvgIpc) is 2.92. The van der Waals surface area contributed by atoms with Crippen LogP contribution in [0, 0.1) is 5.82 Å². The zero-order chi connectivity index (χ0) is 15.2. The van der Waals surface area contributed by atoms with E-state index in [9.17, 15) is 14.0 Å². The van der Waals surface area contributed by atoms with Crippen LogP contribution in [0.4, 0.5) is 9.52 Å². The highest BCUT2D eigenvalue weighted by Gasteiger charge is 2.14. The van der Waals surface area contributed by atoms with Gasteiger partial charge in [0.1, 0.15) is 5.82 Å². The van der Waals surface area contributed by atoms with Crippen molar-refractivity contribution in [2.45, 2.75) is 4.34 Å². The van der Waals surface area contributed by atoms with Gasteiger partial charge in [-0.25, -0.2) is 9.87 Å². The van der Waals surface area contributed by atoms with Crippen molar-refractivity contribution in [3.8, 4) is 0 Å². The third-order valence-corrected chi connectivity index (χ3v) is 4.17. The summed E-state index contributed by atoms with van der Waals surface area (Å²) in [6, 6.07) is 5.57. The first kappa shape index (κ1) is 15.4. The van der Waals surface area contributed by atoms with Crippen molar-refractivity contribution >= 4 is 40.0 Å². The Kier molecular flexibility index (Phi) is 5.20. The van der Waals surface area contributed by atoms with E-state index in [-0.39, 0.29) is 16.4 Å². The van der Waals surface area contributed by atoms with Crippen LogP contribution in [0.3, 0.4) is 0 Å². The maximum atomic E-state index is 13.4. The van der Waals surface area contributed by atoms with Crippen LogP contribution in [0.5, 0.6) is 0 Å². The molecule has 0 bridgehead atoms. The van der Waals surface area contributed by atoms with Crippen molar-refractivity contribution in [1.29, 1.82) is 0 Å². The number of amides is 2. The molecule has 1 heterocycles. The lowest BCUT2D eigenvalue weighted by atomic mass is 10.2. The molecule has 0 aliphatic rings. The number of anilines is 1. The summed E-state index contributed by atoms with van der Waals surface area (Å²) in [5.41, 5.74) is 1.39. The maximum absolute atomic E-state index is 13.4. The predicted molar refractivity (Wildman–Crippen MR) is 74.9 cm³/mol. The number of aromatic nitrogens is 2. The number of carbonyl (C=O) groups is 2. The molecule has 0 unspecified atom stereocenters. The Morgan fingerprint density at radius 1 is 1.33 bits per heavy atom. The van der Waals surface area contributed by atoms with Gasteiger partial charge in [-0.1, -0.05) is 35.2 Å². The number of nitrogens with zero attached hydrogens (tertiary/aromatic N) is 2. The van der Waals surface area contributed by atoms with Crippen LogP contribution in [-0.2, 0) is 4.79 Å². The lowest BCUT2D eigenvalue weighted by molar-refractivity contribution is -0.126. The predicted octanol–water partition coefficient (Wildman–Crippen LogP) is 1.53. The summed E-state index contributed by atoms with van der Waals surface area (Å²) < 4.78 is 13.9. The lowest BCUT2D eigenvalue weighted by Gasteiger charge is -2.01. The van der Waals surface area contributed by atoms with Gasteiger partial charge in [-0.3, -0.25) is 20.1 Å². The number of halogens is 1. The number of hydroxylamine groups is 1. The first-order chi connectivity index (χ1) is 10.1. The molecule has 2 amide bonds. The molecule has 0 aliphatic carbocycles. The van der Waals surface area contributed by atoms with Crippen LogP contribution in [0.1, 0.15) is 10.4 Å². The molecule has 21 heavy (non-hydrogen) atoms. The Bertz CT molecular complexity index is 664. The summed E-state index contributed by atoms with van der Waals surface area (Å²) in [7, 11) is 0. The Labute approximate surface area is 126 Å². The van der Waals surface area contributed by atoms with Gasteiger partial charge in [-0.05, 0) is 12.1 Å². The molecule has 0 atom stereocenters. The summed E-state index contributed by atoms with van der Waals surface area (Å²) in [5.74, 6) is -1.87. The number of hydrogen-bond donors (Lipinski definition) is 3. The zero-order valence-electron chi connectivity index (χ0n) is 10.4. The molecule has 1 aromatic carbocycles. The standard InChI is InChI=1S/C11H9FN4O3S2/c12-7-4-2-1-3-6(7)9(18)13-10-14-15-11(21-10)20-5-8(17)16-19/h1-4,19H,5H2,(H,16,17)(H,13,14,18). The molecule has 0 fully saturated rings. The van der Waals surface area contributed by atoms with Crippen LogP contribution in [0.25, 0.3) is 0 Å². The molecule has 0 radical (unpaired) electrons. The number of rotatable bonds is 5. The van der Waals surface area contributed by atoms with Gasteiger partial charge in [-0.2, -0.15) is 0 Å². The van der Waals surface area contributed by atoms with E-state index in [2.05, 4.69) is 15.5 Å². The molecule has 0 spiro atoms.